The maximum atomic E-state index is 10.5. The van der Waals surface area contributed by atoms with Crippen molar-refractivity contribution in [3.63, 3.8) is 0 Å². The second-order valence-electron chi connectivity index (χ2n) is 4.72. The number of aliphatic hydroxyl groups is 2. The highest BCUT2D eigenvalue weighted by molar-refractivity contribution is 5.45. The van der Waals surface area contributed by atoms with Crippen molar-refractivity contribution in [3.8, 4) is 5.75 Å². The zero-order chi connectivity index (χ0) is 12.5. The van der Waals surface area contributed by atoms with E-state index in [9.17, 15) is 10.2 Å². The lowest BCUT2D eigenvalue weighted by Crippen LogP contribution is -2.41. The van der Waals surface area contributed by atoms with Gasteiger partial charge in [0.2, 0.25) is 0 Å². The molecule has 2 atom stereocenters. The number of aliphatic hydroxyl groups excluding tert-OH is 1. The monoisotopic (exact) mass is 236 g/mol. The normalized spacial score (nSPS) is 27.6. The summed E-state index contributed by atoms with van der Waals surface area (Å²) in [5.41, 5.74) is 1.38. The largest absolute Gasteiger partial charge is 0.496 e. The highest BCUT2D eigenvalue weighted by Crippen LogP contribution is 2.43. The Morgan fingerprint density at radius 1 is 1.47 bits per heavy atom. The summed E-state index contributed by atoms with van der Waals surface area (Å²) in [4.78, 5) is 0. The van der Waals surface area contributed by atoms with E-state index in [1.807, 2.05) is 25.1 Å². The van der Waals surface area contributed by atoms with Crippen molar-refractivity contribution in [2.45, 2.75) is 37.7 Å². The molecule has 1 aromatic rings. The molecule has 0 unspecified atom stereocenters. The predicted octanol–water partition coefficient (Wildman–Crippen LogP) is 1.86. The van der Waals surface area contributed by atoms with Gasteiger partial charge in [-0.1, -0.05) is 19.1 Å². The Balaban J connectivity index is 2.49. The molecule has 0 bridgehead atoms. The molecule has 2 rings (SSSR count). The molecule has 1 aliphatic rings. The maximum absolute atomic E-state index is 10.5. The van der Waals surface area contributed by atoms with Gasteiger partial charge in [0.25, 0.3) is 0 Å². The van der Waals surface area contributed by atoms with Crippen LogP contribution in [0.3, 0.4) is 0 Å². The van der Waals surface area contributed by atoms with Crippen LogP contribution >= 0.6 is 0 Å². The molecule has 17 heavy (non-hydrogen) atoms. The highest BCUT2D eigenvalue weighted by Gasteiger charge is 2.40. The van der Waals surface area contributed by atoms with Crippen LogP contribution in [0.4, 0.5) is 0 Å². The Kier molecular flexibility index (Phi) is 3.40. The summed E-state index contributed by atoms with van der Waals surface area (Å²) in [6.07, 6.45) is 2.15. The van der Waals surface area contributed by atoms with Crippen LogP contribution in [0, 0.1) is 0 Å². The summed E-state index contributed by atoms with van der Waals surface area (Å²) in [6.45, 7) is 1.94. The molecule has 0 saturated carbocycles. The van der Waals surface area contributed by atoms with E-state index in [1.165, 1.54) is 0 Å². The number of rotatable bonds is 3. The number of ether oxygens (including phenoxy) is 1. The molecule has 2 N–H and O–H groups in total. The topological polar surface area (TPSA) is 49.7 Å². The van der Waals surface area contributed by atoms with Gasteiger partial charge in [-0.3, -0.25) is 0 Å². The summed E-state index contributed by atoms with van der Waals surface area (Å²) in [7, 11) is 1.66. The molecule has 0 saturated heterocycles. The molecule has 0 spiro atoms. The van der Waals surface area contributed by atoms with E-state index in [2.05, 4.69) is 0 Å². The number of hydrogen-bond donors (Lipinski definition) is 2. The summed E-state index contributed by atoms with van der Waals surface area (Å²) >= 11 is 0. The lowest BCUT2D eigenvalue weighted by Gasteiger charge is -2.40. The van der Waals surface area contributed by atoms with Crippen molar-refractivity contribution < 1.29 is 14.9 Å². The zero-order valence-electron chi connectivity index (χ0n) is 10.4. The molecule has 1 aromatic carbocycles. The Hall–Kier alpha value is -1.06. The second kappa shape index (κ2) is 4.67. The Morgan fingerprint density at radius 3 is 2.82 bits per heavy atom. The molecule has 94 valence electrons. The van der Waals surface area contributed by atoms with Gasteiger partial charge in [-0.05, 0) is 36.5 Å². The van der Waals surface area contributed by atoms with Crippen molar-refractivity contribution in [1.82, 2.24) is 0 Å². The molecule has 0 amide bonds. The molecule has 0 aliphatic heterocycles. The van der Waals surface area contributed by atoms with Gasteiger partial charge in [-0.15, -0.1) is 0 Å². The van der Waals surface area contributed by atoms with Gasteiger partial charge >= 0.3 is 0 Å². The Bertz CT molecular complexity index is 402. The van der Waals surface area contributed by atoms with E-state index in [0.29, 0.717) is 12.8 Å². The molecule has 0 radical (unpaired) electrons. The van der Waals surface area contributed by atoms with Crippen LogP contribution in [0.2, 0.25) is 0 Å². The zero-order valence-corrected chi connectivity index (χ0v) is 10.4. The molecule has 1 aliphatic carbocycles. The molecule has 3 heteroatoms. The van der Waals surface area contributed by atoms with Crippen LogP contribution in [0.25, 0.3) is 0 Å². The van der Waals surface area contributed by atoms with Crippen molar-refractivity contribution in [2.24, 2.45) is 0 Å². The molecule has 0 fully saturated rings. The average molecular weight is 236 g/mol. The quantitative estimate of drug-likeness (QED) is 0.842. The average Bonchev–Trinajstić information content (AvgIpc) is 2.37. The van der Waals surface area contributed by atoms with Crippen molar-refractivity contribution in [2.75, 3.05) is 13.7 Å². The van der Waals surface area contributed by atoms with Crippen molar-refractivity contribution in [3.05, 3.63) is 29.3 Å². The minimum Gasteiger partial charge on any atom is -0.496 e. The molecule has 0 aromatic heterocycles. The smallest absolute Gasteiger partial charge is 0.122 e. The van der Waals surface area contributed by atoms with Gasteiger partial charge in [0.1, 0.15) is 5.75 Å². The lowest BCUT2D eigenvalue weighted by molar-refractivity contribution is -0.0233. The van der Waals surface area contributed by atoms with Crippen molar-refractivity contribution >= 4 is 0 Å². The number of fused-ring (bicyclic) bond motifs is 1. The minimum atomic E-state index is -0.784. The molecular formula is C14H20O3. The maximum Gasteiger partial charge on any atom is 0.122 e. The fraction of sp³-hybridized carbons (Fsp3) is 0.571. The fourth-order valence-electron chi connectivity index (χ4n) is 2.86. The third-order valence-electron chi connectivity index (χ3n) is 4.02. The molecule has 0 heterocycles. The Morgan fingerprint density at radius 2 is 2.24 bits per heavy atom. The van der Waals surface area contributed by atoms with Gasteiger partial charge < -0.3 is 14.9 Å². The second-order valence-corrected chi connectivity index (χ2v) is 4.72. The van der Waals surface area contributed by atoms with E-state index >= 15 is 0 Å². The first kappa shape index (κ1) is 12.4. The first-order chi connectivity index (χ1) is 8.16. The van der Waals surface area contributed by atoms with Crippen molar-refractivity contribution in [1.29, 1.82) is 0 Å². The van der Waals surface area contributed by atoms with Gasteiger partial charge in [0.05, 0.1) is 19.3 Å². The fourth-order valence-corrected chi connectivity index (χ4v) is 2.86. The first-order valence-electron chi connectivity index (χ1n) is 6.15. The van der Waals surface area contributed by atoms with E-state index < -0.39 is 5.60 Å². The van der Waals surface area contributed by atoms with Gasteiger partial charge in [0, 0.05) is 5.92 Å². The predicted molar refractivity (Wildman–Crippen MR) is 66.4 cm³/mol. The Labute approximate surface area is 102 Å². The number of methoxy groups -OCH3 is 1. The third-order valence-corrected chi connectivity index (χ3v) is 4.02. The third kappa shape index (κ3) is 1.94. The standard InChI is InChI=1S/C14H20O3/c1-3-14(16)8-7-11-10(12(14)9-15)5-4-6-13(11)17-2/h4-6,12,15-16H,3,7-9H2,1-2H3/t12-,14-/m1/s1. The van der Waals surface area contributed by atoms with Crippen LogP contribution in [0.5, 0.6) is 5.75 Å². The molecular weight excluding hydrogens is 216 g/mol. The minimum absolute atomic E-state index is 0.0233. The van der Waals surface area contributed by atoms with E-state index in [-0.39, 0.29) is 12.5 Å². The summed E-state index contributed by atoms with van der Waals surface area (Å²) in [6, 6.07) is 5.84. The van der Waals surface area contributed by atoms with E-state index in [0.717, 1.165) is 23.3 Å². The van der Waals surface area contributed by atoms with Crippen LogP contribution in [-0.4, -0.2) is 29.5 Å². The van der Waals surface area contributed by atoms with Gasteiger partial charge in [-0.25, -0.2) is 0 Å². The van der Waals surface area contributed by atoms with Crippen LogP contribution < -0.4 is 4.74 Å². The SMILES string of the molecule is CC[C@@]1(O)CCc2c(OC)cccc2[C@H]1CO. The summed E-state index contributed by atoms with van der Waals surface area (Å²) < 4.78 is 5.34. The molecule has 3 nitrogen and oxygen atoms in total. The number of benzene rings is 1. The highest BCUT2D eigenvalue weighted by atomic mass is 16.5. The lowest BCUT2D eigenvalue weighted by atomic mass is 9.70. The van der Waals surface area contributed by atoms with Gasteiger partial charge in [-0.2, -0.15) is 0 Å². The van der Waals surface area contributed by atoms with Gasteiger partial charge in [0.15, 0.2) is 0 Å². The summed E-state index contributed by atoms with van der Waals surface area (Å²) in [5.74, 6) is 0.658. The van der Waals surface area contributed by atoms with Crippen LogP contribution in [0.15, 0.2) is 18.2 Å². The van der Waals surface area contributed by atoms with E-state index in [1.54, 1.807) is 7.11 Å². The number of hydrogen-bond acceptors (Lipinski definition) is 3. The first-order valence-corrected chi connectivity index (χ1v) is 6.15. The summed E-state index contributed by atoms with van der Waals surface area (Å²) in [5, 5.41) is 20.1. The van der Waals surface area contributed by atoms with Crippen LogP contribution in [-0.2, 0) is 6.42 Å². The van der Waals surface area contributed by atoms with E-state index in [4.69, 9.17) is 4.74 Å². The van der Waals surface area contributed by atoms with Crippen LogP contribution in [0.1, 0.15) is 36.8 Å².